The van der Waals surface area contributed by atoms with E-state index in [0.717, 1.165) is 5.56 Å². The first-order valence-electron chi connectivity index (χ1n) is 4.88. The van der Waals surface area contributed by atoms with E-state index in [1.807, 2.05) is 26.0 Å². The van der Waals surface area contributed by atoms with Crippen LogP contribution in [0.25, 0.3) is 0 Å². The lowest BCUT2D eigenvalue weighted by Crippen LogP contribution is -2.16. The quantitative estimate of drug-likeness (QED) is 0.760. The summed E-state index contributed by atoms with van der Waals surface area (Å²) in [4.78, 5) is 0. The molecule has 0 saturated carbocycles. The maximum atomic E-state index is 9.93. The molecule has 2 nitrogen and oxygen atoms in total. The van der Waals surface area contributed by atoms with E-state index in [1.165, 1.54) is 0 Å². The van der Waals surface area contributed by atoms with Gasteiger partial charge in [0.2, 0.25) is 0 Å². The summed E-state index contributed by atoms with van der Waals surface area (Å²) < 4.78 is 0. The second-order valence-electron chi connectivity index (χ2n) is 4.46. The van der Waals surface area contributed by atoms with Gasteiger partial charge in [0.1, 0.15) is 5.75 Å². The van der Waals surface area contributed by atoms with Crippen LogP contribution in [-0.2, 0) is 5.60 Å². The monoisotopic (exact) mass is 194 g/mol. The molecule has 0 bridgehead atoms. The number of benzene rings is 1. The first-order chi connectivity index (χ1) is 6.34. The van der Waals surface area contributed by atoms with Crippen LogP contribution in [-0.4, -0.2) is 10.2 Å². The van der Waals surface area contributed by atoms with Crippen LogP contribution in [0.1, 0.15) is 44.7 Å². The van der Waals surface area contributed by atoms with Crippen molar-refractivity contribution in [3.8, 4) is 5.75 Å². The lowest BCUT2D eigenvalue weighted by molar-refractivity contribution is 0.0756. The Morgan fingerprint density at radius 3 is 2.21 bits per heavy atom. The van der Waals surface area contributed by atoms with Crippen molar-refractivity contribution in [2.45, 2.75) is 39.2 Å². The van der Waals surface area contributed by atoms with Crippen LogP contribution in [0.4, 0.5) is 0 Å². The van der Waals surface area contributed by atoms with Gasteiger partial charge in [0, 0.05) is 5.56 Å². The molecule has 1 aromatic rings. The summed E-state index contributed by atoms with van der Waals surface area (Å²) in [6, 6.07) is 5.50. The molecule has 0 unspecified atom stereocenters. The topological polar surface area (TPSA) is 40.5 Å². The Bertz CT molecular complexity index is 322. The number of aromatic hydroxyl groups is 1. The Morgan fingerprint density at radius 1 is 1.21 bits per heavy atom. The number of phenolic OH excluding ortho intramolecular Hbond substituents is 1. The highest BCUT2D eigenvalue weighted by molar-refractivity contribution is 5.44. The minimum atomic E-state index is -0.991. The lowest BCUT2D eigenvalue weighted by Gasteiger charge is -2.21. The summed E-state index contributed by atoms with van der Waals surface area (Å²) >= 11 is 0. The van der Waals surface area contributed by atoms with Crippen molar-refractivity contribution in [3.63, 3.8) is 0 Å². The standard InChI is InChI=1S/C12H18O2/c1-8(2)9-6-5-7-10(11(9)13)12(3,4)14/h5-8,13-14H,1-4H3. The van der Waals surface area contributed by atoms with Gasteiger partial charge >= 0.3 is 0 Å². The second kappa shape index (κ2) is 3.62. The van der Waals surface area contributed by atoms with Crippen LogP contribution in [0.15, 0.2) is 18.2 Å². The van der Waals surface area contributed by atoms with E-state index in [9.17, 15) is 10.2 Å². The predicted octanol–water partition coefficient (Wildman–Crippen LogP) is 2.74. The van der Waals surface area contributed by atoms with E-state index in [0.29, 0.717) is 5.56 Å². The molecule has 0 saturated heterocycles. The first-order valence-corrected chi connectivity index (χ1v) is 4.88. The summed E-state index contributed by atoms with van der Waals surface area (Å²) in [5, 5.41) is 19.8. The van der Waals surface area contributed by atoms with E-state index in [1.54, 1.807) is 19.9 Å². The number of para-hydroxylation sites is 1. The van der Waals surface area contributed by atoms with Gasteiger partial charge in [0.05, 0.1) is 5.60 Å². The Morgan fingerprint density at radius 2 is 1.79 bits per heavy atom. The molecule has 0 aliphatic rings. The smallest absolute Gasteiger partial charge is 0.125 e. The Kier molecular flexibility index (Phi) is 2.86. The number of hydrogen-bond donors (Lipinski definition) is 2. The van der Waals surface area contributed by atoms with Gasteiger partial charge in [-0.05, 0) is 25.3 Å². The van der Waals surface area contributed by atoms with Gasteiger partial charge < -0.3 is 10.2 Å². The van der Waals surface area contributed by atoms with Crippen LogP contribution < -0.4 is 0 Å². The molecule has 0 fully saturated rings. The summed E-state index contributed by atoms with van der Waals surface area (Å²) in [6.45, 7) is 7.38. The molecule has 0 atom stereocenters. The van der Waals surface area contributed by atoms with Crippen molar-refractivity contribution >= 4 is 0 Å². The third-order valence-electron chi connectivity index (χ3n) is 2.35. The van der Waals surface area contributed by atoms with Crippen molar-refractivity contribution in [1.29, 1.82) is 0 Å². The molecule has 0 aliphatic heterocycles. The number of aliphatic hydroxyl groups is 1. The van der Waals surface area contributed by atoms with Crippen molar-refractivity contribution < 1.29 is 10.2 Å². The fraction of sp³-hybridized carbons (Fsp3) is 0.500. The van der Waals surface area contributed by atoms with E-state index in [2.05, 4.69) is 0 Å². The number of rotatable bonds is 2. The average Bonchev–Trinajstić information content (AvgIpc) is 2.01. The molecule has 1 aromatic carbocycles. The minimum Gasteiger partial charge on any atom is -0.507 e. The normalized spacial score (nSPS) is 12.1. The fourth-order valence-corrected chi connectivity index (χ4v) is 1.52. The molecule has 78 valence electrons. The van der Waals surface area contributed by atoms with Crippen molar-refractivity contribution in [3.05, 3.63) is 29.3 Å². The fourth-order valence-electron chi connectivity index (χ4n) is 1.52. The maximum absolute atomic E-state index is 9.93. The molecule has 0 radical (unpaired) electrons. The van der Waals surface area contributed by atoms with Crippen LogP contribution in [0.5, 0.6) is 5.75 Å². The zero-order valence-corrected chi connectivity index (χ0v) is 9.20. The second-order valence-corrected chi connectivity index (χ2v) is 4.46. The molecule has 2 N–H and O–H groups in total. The van der Waals surface area contributed by atoms with Gasteiger partial charge in [0.25, 0.3) is 0 Å². The number of phenols is 1. The van der Waals surface area contributed by atoms with Gasteiger partial charge in [-0.3, -0.25) is 0 Å². The number of hydrogen-bond acceptors (Lipinski definition) is 2. The first kappa shape index (κ1) is 11.1. The predicted molar refractivity (Wildman–Crippen MR) is 57.4 cm³/mol. The lowest BCUT2D eigenvalue weighted by atomic mass is 9.91. The van der Waals surface area contributed by atoms with Crippen molar-refractivity contribution in [2.75, 3.05) is 0 Å². The van der Waals surface area contributed by atoms with Crippen molar-refractivity contribution in [1.82, 2.24) is 0 Å². The third-order valence-corrected chi connectivity index (χ3v) is 2.35. The molecule has 0 heterocycles. The summed E-state index contributed by atoms with van der Waals surface area (Å²) in [7, 11) is 0. The van der Waals surface area contributed by atoms with Crippen LogP contribution in [0.3, 0.4) is 0 Å². The van der Waals surface area contributed by atoms with Gasteiger partial charge in [-0.1, -0.05) is 32.0 Å². The highest BCUT2D eigenvalue weighted by Crippen LogP contribution is 2.34. The van der Waals surface area contributed by atoms with Crippen molar-refractivity contribution in [2.24, 2.45) is 0 Å². The molecular formula is C12H18O2. The summed E-state index contributed by atoms with van der Waals surface area (Å²) in [6.07, 6.45) is 0. The maximum Gasteiger partial charge on any atom is 0.125 e. The molecule has 0 aliphatic carbocycles. The van der Waals surface area contributed by atoms with E-state index in [-0.39, 0.29) is 11.7 Å². The summed E-state index contributed by atoms with van der Waals surface area (Å²) in [5.74, 6) is 0.479. The average molecular weight is 194 g/mol. The minimum absolute atomic E-state index is 0.218. The summed E-state index contributed by atoms with van der Waals surface area (Å²) in [5.41, 5.74) is 0.475. The molecular weight excluding hydrogens is 176 g/mol. The SMILES string of the molecule is CC(C)c1cccc(C(C)(C)O)c1O. The van der Waals surface area contributed by atoms with Crippen LogP contribution in [0, 0.1) is 0 Å². The van der Waals surface area contributed by atoms with E-state index < -0.39 is 5.60 Å². The third kappa shape index (κ3) is 2.07. The van der Waals surface area contributed by atoms with Gasteiger partial charge in [-0.15, -0.1) is 0 Å². The highest BCUT2D eigenvalue weighted by Gasteiger charge is 2.22. The van der Waals surface area contributed by atoms with Gasteiger partial charge in [-0.2, -0.15) is 0 Å². The Hall–Kier alpha value is -1.02. The largest absolute Gasteiger partial charge is 0.507 e. The zero-order chi connectivity index (χ0) is 10.9. The molecule has 0 spiro atoms. The molecule has 0 amide bonds. The van der Waals surface area contributed by atoms with E-state index in [4.69, 9.17) is 0 Å². The molecule has 1 rings (SSSR count). The molecule has 2 heteroatoms. The molecule has 14 heavy (non-hydrogen) atoms. The van der Waals surface area contributed by atoms with E-state index >= 15 is 0 Å². The molecule has 0 aromatic heterocycles. The van der Waals surface area contributed by atoms with Gasteiger partial charge in [0.15, 0.2) is 0 Å². The van der Waals surface area contributed by atoms with Crippen LogP contribution in [0.2, 0.25) is 0 Å². The van der Waals surface area contributed by atoms with Crippen LogP contribution >= 0.6 is 0 Å². The Labute approximate surface area is 85.2 Å². The van der Waals surface area contributed by atoms with Gasteiger partial charge in [-0.25, -0.2) is 0 Å². The Balaban J connectivity index is 3.28. The zero-order valence-electron chi connectivity index (χ0n) is 9.20. The highest BCUT2D eigenvalue weighted by atomic mass is 16.3.